The van der Waals surface area contributed by atoms with E-state index in [9.17, 15) is 4.79 Å². The second-order valence-electron chi connectivity index (χ2n) is 5.41. The molecule has 1 heterocycles. The Morgan fingerprint density at radius 3 is 2.39 bits per heavy atom. The van der Waals surface area contributed by atoms with Crippen molar-refractivity contribution < 1.29 is 9.53 Å². The first-order chi connectivity index (χ1) is 11.1. The Bertz CT molecular complexity index is 739. The molecule has 1 atom stereocenters. The fourth-order valence-electron chi connectivity index (χ4n) is 2.70. The third-order valence-corrected chi connectivity index (χ3v) is 4.16. The third-order valence-electron chi connectivity index (χ3n) is 3.91. The van der Waals surface area contributed by atoms with Crippen LogP contribution in [0.25, 0.3) is 0 Å². The number of nitrogens with zero attached hydrogens (tertiary/aromatic N) is 2. The van der Waals surface area contributed by atoms with Gasteiger partial charge in [-0.25, -0.2) is 5.01 Å². The van der Waals surface area contributed by atoms with Crippen LogP contribution in [0.2, 0.25) is 5.02 Å². The van der Waals surface area contributed by atoms with Crippen LogP contribution in [0.1, 0.15) is 30.5 Å². The third kappa shape index (κ3) is 3.22. The van der Waals surface area contributed by atoms with Gasteiger partial charge in [0.1, 0.15) is 5.75 Å². The summed E-state index contributed by atoms with van der Waals surface area (Å²) in [5.41, 5.74) is 2.91. The van der Waals surface area contributed by atoms with Gasteiger partial charge in [0, 0.05) is 18.4 Å². The average Bonchev–Trinajstić information content (AvgIpc) is 3.01. The van der Waals surface area contributed by atoms with Gasteiger partial charge in [-0.1, -0.05) is 23.7 Å². The summed E-state index contributed by atoms with van der Waals surface area (Å²) in [7, 11) is 1.64. The molecule has 1 aliphatic rings. The predicted molar refractivity (Wildman–Crippen MR) is 90.9 cm³/mol. The molecule has 2 aromatic carbocycles. The molecule has 0 radical (unpaired) electrons. The van der Waals surface area contributed by atoms with E-state index in [-0.39, 0.29) is 11.9 Å². The molecule has 3 rings (SSSR count). The van der Waals surface area contributed by atoms with Crippen LogP contribution in [0.5, 0.6) is 5.75 Å². The van der Waals surface area contributed by atoms with E-state index in [0.29, 0.717) is 11.4 Å². The van der Waals surface area contributed by atoms with E-state index in [2.05, 4.69) is 5.10 Å². The van der Waals surface area contributed by atoms with Crippen molar-refractivity contribution in [3.63, 3.8) is 0 Å². The number of carbonyl (C=O) groups excluding carboxylic acids is 1. The van der Waals surface area contributed by atoms with Crippen molar-refractivity contribution in [3.05, 3.63) is 64.7 Å². The Balaban J connectivity index is 1.90. The van der Waals surface area contributed by atoms with E-state index < -0.39 is 0 Å². The topological polar surface area (TPSA) is 41.9 Å². The highest BCUT2D eigenvalue weighted by molar-refractivity contribution is 6.30. The van der Waals surface area contributed by atoms with Gasteiger partial charge in [-0.2, -0.15) is 5.10 Å². The Labute approximate surface area is 140 Å². The van der Waals surface area contributed by atoms with Crippen LogP contribution in [0.4, 0.5) is 0 Å². The number of methoxy groups -OCH3 is 1. The van der Waals surface area contributed by atoms with Gasteiger partial charge < -0.3 is 4.74 Å². The summed E-state index contributed by atoms with van der Waals surface area (Å²) in [4.78, 5) is 11.9. The SMILES string of the molecule is COc1ccc(C2=NN(C(C)=O)[C@H](c3ccc(Cl)cc3)C2)cc1. The lowest BCUT2D eigenvalue weighted by molar-refractivity contribution is -0.130. The highest BCUT2D eigenvalue weighted by Crippen LogP contribution is 2.33. The molecule has 0 saturated heterocycles. The zero-order valence-corrected chi connectivity index (χ0v) is 13.7. The van der Waals surface area contributed by atoms with Crippen molar-refractivity contribution in [2.45, 2.75) is 19.4 Å². The van der Waals surface area contributed by atoms with Gasteiger partial charge in [-0.15, -0.1) is 0 Å². The maximum Gasteiger partial charge on any atom is 0.240 e. The van der Waals surface area contributed by atoms with Crippen LogP contribution < -0.4 is 4.74 Å². The minimum Gasteiger partial charge on any atom is -0.497 e. The van der Waals surface area contributed by atoms with Gasteiger partial charge in [0.25, 0.3) is 0 Å². The second kappa shape index (κ2) is 6.42. The van der Waals surface area contributed by atoms with E-state index in [1.807, 2.05) is 48.5 Å². The van der Waals surface area contributed by atoms with Gasteiger partial charge in [0.2, 0.25) is 5.91 Å². The number of hydrazone groups is 1. The number of amides is 1. The summed E-state index contributed by atoms with van der Waals surface area (Å²) in [6.45, 7) is 1.53. The van der Waals surface area contributed by atoms with Crippen LogP contribution in [0.15, 0.2) is 53.6 Å². The largest absolute Gasteiger partial charge is 0.497 e. The van der Waals surface area contributed by atoms with Crippen molar-refractivity contribution in [3.8, 4) is 5.75 Å². The van der Waals surface area contributed by atoms with Crippen molar-refractivity contribution in [2.24, 2.45) is 5.10 Å². The summed E-state index contributed by atoms with van der Waals surface area (Å²) in [5.74, 6) is 0.721. The smallest absolute Gasteiger partial charge is 0.240 e. The Morgan fingerprint density at radius 2 is 1.83 bits per heavy atom. The first-order valence-electron chi connectivity index (χ1n) is 7.35. The number of benzene rings is 2. The van der Waals surface area contributed by atoms with E-state index in [0.717, 1.165) is 22.6 Å². The number of hydrogen-bond donors (Lipinski definition) is 0. The molecule has 0 bridgehead atoms. The molecular weight excluding hydrogens is 312 g/mol. The number of halogens is 1. The van der Waals surface area contributed by atoms with Crippen LogP contribution in [0, 0.1) is 0 Å². The van der Waals surface area contributed by atoms with E-state index in [1.165, 1.54) is 6.92 Å². The summed E-state index contributed by atoms with van der Waals surface area (Å²) in [6.07, 6.45) is 0.674. The molecule has 0 aromatic heterocycles. The number of hydrogen-bond acceptors (Lipinski definition) is 3. The fraction of sp³-hybridized carbons (Fsp3) is 0.222. The summed E-state index contributed by atoms with van der Waals surface area (Å²) in [6, 6.07) is 15.2. The molecule has 0 N–H and O–H groups in total. The highest BCUT2D eigenvalue weighted by Gasteiger charge is 2.31. The Kier molecular flexibility index (Phi) is 4.35. The van der Waals surface area contributed by atoms with Crippen LogP contribution >= 0.6 is 11.6 Å². The Hall–Kier alpha value is -2.33. The molecule has 1 aliphatic heterocycles. The van der Waals surface area contributed by atoms with Gasteiger partial charge in [0.05, 0.1) is 18.9 Å². The molecular formula is C18H17ClN2O2. The molecule has 0 saturated carbocycles. The predicted octanol–water partition coefficient (Wildman–Crippen LogP) is 4.05. The summed E-state index contributed by atoms with van der Waals surface area (Å²) in [5, 5.41) is 6.74. The normalized spacial score (nSPS) is 17.1. The molecule has 0 aliphatic carbocycles. The first kappa shape index (κ1) is 15.6. The highest BCUT2D eigenvalue weighted by atomic mass is 35.5. The van der Waals surface area contributed by atoms with E-state index in [1.54, 1.807) is 12.1 Å². The minimum atomic E-state index is -0.0955. The molecule has 4 nitrogen and oxygen atoms in total. The fourth-order valence-corrected chi connectivity index (χ4v) is 2.83. The minimum absolute atomic E-state index is 0.0755. The molecule has 5 heteroatoms. The second-order valence-corrected chi connectivity index (χ2v) is 5.85. The van der Waals surface area contributed by atoms with Crippen LogP contribution in [0.3, 0.4) is 0 Å². The molecule has 23 heavy (non-hydrogen) atoms. The van der Waals surface area contributed by atoms with Crippen LogP contribution in [-0.2, 0) is 4.79 Å². The molecule has 118 valence electrons. The molecule has 0 spiro atoms. The molecule has 0 unspecified atom stereocenters. The molecule has 2 aromatic rings. The van der Waals surface area contributed by atoms with Gasteiger partial charge in [0.15, 0.2) is 0 Å². The summed E-state index contributed by atoms with van der Waals surface area (Å²) < 4.78 is 5.18. The summed E-state index contributed by atoms with van der Waals surface area (Å²) >= 11 is 5.95. The van der Waals surface area contributed by atoms with E-state index >= 15 is 0 Å². The van der Waals surface area contributed by atoms with E-state index in [4.69, 9.17) is 16.3 Å². The number of ether oxygens (including phenoxy) is 1. The first-order valence-corrected chi connectivity index (χ1v) is 7.73. The zero-order chi connectivity index (χ0) is 16.4. The van der Waals surface area contributed by atoms with Crippen molar-refractivity contribution >= 4 is 23.2 Å². The lowest BCUT2D eigenvalue weighted by Gasteiger charge is -2.20. The maximum absolute atomic E-state index is 11.9. The lowest BCUT2D eigenvalue weighted by atomic mass is 9.98. The zero-order valence-electron chi connectivity index (χ0n) is 13.0. The average molecular weight is 329 g/mol. The van der Waals surface area contributed by atoms with Crippen molar-refractivity contribution in [1.29, 1.82) is 0 Å². The quantitative estimate of drug-likeness (QED) is 0.853. The molecule has 1 amide bonds. The standard InChI is InChI=1S/C18H17ClN2O2/c1-12(22)21-18(14-3-7-15(19)8-4-14)11-17(20-21)13-5-9-16(23-2)10-6-13/h3-10,18H,11H2,1-2H3/t18-/m0/s1. The number of carbonyl (C=O) groups is 1. The van der Waals surface area contributed by atoms with Gasteiger partial charge >= 0.3 is 0 Å². The van der Waals surface area contributed by atoms with Crippen molar-refractivity contribution in [1.82, 2.24) is 5.01 Å². The van der Waals surface area contributed by atoms with Gasteiger partial charge in [-0.05, 0) is 47.5 Å². The Morgan fingerprint density at radius 1 is 1.17 bits per heavy atom. The monoisotopic (exact) mass is 328 g/mol. The van der Waals surface area contributed by atoms with Crippen LogP contribution in [-0.4, -0.2) is 23.7 Å². The maximum atomic E-state index is 11.9. The lowest BCUT2D eigenvalue weighted by Crippen LogP contribution is -2.24. The van der Waals surface area contributed by atoms with Gasteiger partial charge in [-0.3, -0.25) is 4.79 Å². The number of rotatable bonds is 3. The molecule has 0 fully saturated rings. The van der Waals surface area contributed by atoms with Crippen molar-refractivity contribution in [2.75, 3.05) is 7.11 Å².